The maximum atomic E-state index is 10.9. The summed E-state index contributed by atoms with van der Waals surface area (Å²) in [7, 11) is 3.94. The van der Waals surface area contributed by atoms with Crippen molar-refractivity contribution >= 4 is 22.6 Å². The van der Waals surface area contributed by atoms with Crippen molar-refractivity contribution < 1.29 is 9.84 Å². The Labute approximate surface area is 146 Å². The SMILES string of the molecule is COc1cc(I)c2c(c1O)[C@@]13CCCC[C@H]1[C@@H](C2)N(C)CC3. The molecule has 1 N–H and O–H groups in total. The molecule has 1 saturated carbocycles. The molecule has 4 heteroatoms. The summed E-state index contributed by atoms with van der Waals surface area (Å²) in [5.74, 6) is 1.77. The predicted molar refractivity (Wildman–Crippen MR) is 95.8 cm³/mol. The number of aromatic hydroxyl groups is 1. The predicted octanol–water partition coefficient (Wildman–Crippen LogP) is 3.69. The largest absolute Gasteiger partial charge is 0.504 e. The van der Waals surface area contributed by atoms with E-state index in [2.05, 4.69) is 34.5 Å². The number of phenolic OH excluding ortho intramolecular Hbond substituents is 1. The van der Waals surface area contributed by atoms with E-state index in [1.807, 2.05) is 6.07 Å². The summed E-state index contributed by atoms with van der Waals surface area (Å²) >= 11 is 2.43. The van der Waals surface area contributed by atoms with Crippen LogP contribution in [0.3, 0.4) is 0 Å². The van der Waals surface area contributed by atoms with Crippen LogP contribution >= 0.6 is 22.6 Å². The Balaban J connectivity index is 1.98. The van der Waals surface area contributed by atoms with Gasteiger partial charge in [0.05, 0.1) is 7.11 Å². The fourth-order valence-electron chi connectivity index (χ4n) is 5.48. The summed E-state index contributed by atoms with van der Waals surface area (Å²) in [6.45, 7) is 1.15. The van der Waals surface area contributed by atoms with E-state index in [9.17, 15) is 5.11 Å². The van der Waals surface area contributed by atoms with Gasteiger partial charge in [-0.25, -0.2) is 0 Å². The van der Waals surface area contributed by atoms with Gasteiger partial charge in [-0.15, -0.1) is 0 Å². The molecule has 4 rings (SSSR count). The third-order valence-corrected chi connectivity index (χ3v) is 7.45. The first-order chi connectivity index (χ1) is 10.6. The molecule has 2 aliphatic carbocycles. The first kappa shape index (κ1) is 15.1. The monoisotopic (exact) mass is 413 g/mol. The van der Waals surface area contributed by atoms with E-state index in [4.69, 9.17) is 4.74 Å². The maximum absolute atomic E-state index is 10.9. The Morgan fingerprint density at radius 1 is 1.36 bits per heavy atom. The van der Waals surface area contributed by atoms with Crippen LogP contribution in [0.4, 0.5) is 0 Å². The molecule has 2 bridgehead atoms. The van der Waals surface area contributed by atoms with Gasteiger partial charge < -0.3 is 14.7 Å². The van der Waals surface area contributed by atoms with E-state index in [1.165, 1.54) is 46.8 Å². The molecular formula is C18H24INO2. The summed E-state index contributed by atoms with van der Waals surface area (Å²) in [5.41, 5.74) is 2.81. The fourth-order valence-corrected chi connectivity index (χ4v) is 6.25. The first-order valence-electron chi connectivity index (χ1n) is 8.37. The number of likely N-dealkylation sites (tertiary alicyclic amines) is 1. The Morgan fingerprint density at radius 2 is 2.18 bits per heavy atom. The lowest BCUT2D eigenvalue weighted by Gasteiger charge is -2.58. The Kier molecular flexibility index (Phi) is 3.60. The number of phenols is 1. The highest BCUT2D eigenvalue weighted by Gasteiger charge is 2.55. The molecule has 1 aromatic carbocycles. The molecular weight excluding hydrogens is 389 g/mol. The highest BCUT2D eigenvalue weighted by Crippen LogP contribution is 2.59. The van der Waals surface area contributed by atoms with Gasteiger partial charge in [0.1, 0.15) is 0 Å². The molecule has 1 aliphatic heterocycles. The van der Waals surface area contributed by atoms with Crippen molar-refractivity contribution in [3.05, 3.63) is 20.8 Å². The highest BCUT2D eigenvalue weighted by atomic mass is 127. The molecule has 3 aliphatic rings. The molecule has 3 nitrogen and oxygen atoms in total. The number of hydrogen-bond acceptors (Lipinski definition) is 3. The number of likely N-dealkylation sites (N-methyl/N-ethyl adjacent to an activating group) is 1. The lowest BCUT2D eigenvalue weighted by Crippen LogP contribution is -2.60. The first-order valence-corrected chi connectivity index (χ1v) is 9.45. The van der Waals surface area contributed by atoms with Gasteiger partial charge in [-0.1, -0.05) is 12.8 Å². The van der Waals surface area contributed by atoms with E-state index in [-0.39, 0.29) is 5.41 Å². The molecule has 1 aromatic rings. The Bertz CT molecular complexity index is 618. The number of hydrogen-bond donors (Lipinski definition) is 1. The molecule has 22 heavy (non-hydrogen) atoms. The number of ether oxygens (including phenoxy) is 1. The quantitative estimate of drug-likeness (QED) is 0.713. The number of halogens is 1. The molecule has 1 saturated heterocycles. The average molecular weight is 413 g/mol. The van der Waals surface area contributed by atoms with Gasteiger partial charge in [0.15, 0.2) is 11.5 Å². The second-order valence-electron chi connectivity index (χ2n) is 7.27. The number of rotatable bonds is 1. The Hall–Kier alpha value is -0.490. The van der Waals surface area contributed by atoms with E-state index < -0.39 is 0 Å². The third kappa shape index (κ3) is 1.89. The van der Waals surface area contributed by atoms with Gasteiger partial charge in [-0.05, 0) is 79.4 Å². The van der Waals surface area contributed by atoms with Crippen molar-refractivity contribution in [3.63, 3.8) is 0 Å². The van der Waals surface area contributed by atoms with Gasteiger partial charge in [0.25, 0.3) is 0 Å². The van der Waals surface area contributed by atoms with Crippen LogP contribution in [-0.2, 0) is 11.8 Å². The van der Waals surface area contributed by atoms with Gasteiger partial charge in [-0.3, -0.25) is 0 Å². The molecule has 3 atom stereocenters. The number of nitrogens with zero attached hydrogens (tertiary/aromatic N) is 1. The summed E-state index contributed by atoms with van der Waals surface area (Å²) in [6.07, 6.45) is 7.42. The van der Waals surface area contributed by atoms with Crippen LogP contribution in [0.5, 0.6) is 11.5 Å². The standard InChI is InChI=1S/C18H24INO2/c1-20-8-7-18-6-4-3-5-12(18)14(20)9-11-13(19)10-15(22-2)17(21)16(11)18/h10,12,14,21H,3-9H2,1-2H3/t12-,14+,18+/m0/s1. The van der Waals surface area contributed by atoms with E-state index in [0.29, 0.717) is 23.5 Å². The topological polar surface area (TPSA) is 32.7 Å². The minimum absolute atomic E-state index is 0.182. The summed E-state index contributed by atoms with van der Waals surface area (Å²) < 4.78 is 6.72. The van der Waals surface area contributed by atoms with Crippen molar-refractivity contribution in [2.24, 2.45) is 5.92 Å². The highest BCUT2D eigenvalue weighted by molar-refractivity contribution is 14.1. The minimum atomic E-state index is 0.182. The van der Waals surface area contributed by atoms with Crippen LogP contribution < -0.4 is 4.74 Å². The third-order valence-electron chi connectivity index (χ3n) is 6.49. The molecule has 0 radical (unpaired) electrons. The zero-order chi connectivity index (χ0) is 15.5. The van der Waals surface area contributed by atoms with Crippen molar-refractivity contribution in [3.8, 4) is 11.5 Å². The van der Waals surface area contributed by atoms with Crippen LogP contribution in [0.15, 0.2) is 6.07 Å². The lowest BCUT2D eigenvalue weighted by atomic mass is 9.52. The van der Waals surface area contributed by atoms with Crippen LogP contribution in [0.1, 0.15) is 43.2 Å². The van der Waals surface area contributed by atoms with Crippen LogP contribution in [0, 0.1) is 9.49 Å². The Morgan fingerprint density at radius 3 is 2.95 bits per heavy atom. The fraction of sp³-hybridized carbons (Fsp3) is 0.667. The maximum Gasteiger partial charge on any atom is 0.161 e. The molecule has 0 amide bonds. The summed E-state index contributed by atoms with van der Waals surface area (Å²) in [5, 5.41) is 10.9. The molecule has 120 valence electrons. The summed E-state index contributed by atoms with van der Waals surface area (Å²) in [6, 6.07) is 2.65. The molecule has 0 aromatic heterocycles. The average Bonchev–Trinajstić information content (AvgIpc) is 2.53. The van der Waals surface area contributed by atoms with Crippen molar-refractivity contribution in [2.45, 2.75) is 50.0 Å². The van der Waals surface area contributed by atoms with Crippen molar-refractivity contribution in [1.29, 1.82) is 0 Å². The second kappa shape index (κ2) is 5.26. The van der Waals surface area contributed by atoms with Crippen LogP contribution in [0.2, 0.25) is 0 Å². The number of benzene rings is 1. The number of piperidine rings is 1. The minimum Gasteiger partial charge on any atom is -0.504 e. The van der Waals surface area contributed by atoms with Crippen molar-refractivity contribution in [1.82, 2.24) is 4.90 Å². The van der Waals surface area contributed by atoms with E-state index in [1.54, 1.807) is 7.11 Å². The van der Waals surface area contributed by atoms with E-state index in [0.717, 1.165) is 13.0 Å². The zero-order valence-corrected chi connectivity index (χ0v) is 15.5. The normalized spacial score (nSPS) is 34.0. The molecule has 2 fully saturated rings. The zero-order valence-electron chi connectivity index (χ0n) is 13.4. The van der Waals surface area contributed by atoms with Crippen molar-refractivity contribution in [2.75, 3.05) is 20.7 Å². The lowest BCUT2D eigenvalue weighted by molar-refractivity contribution is 0.00109. The van der Waals surface area contributed by atoms with Gasteiger partial charge in [-0.2, -0.15) is 0 Å². The molecule has 0 unspecified atom stereocenters. The number of methoxy groups -OCH3 is 1. The van der Waals surface area contributed by atoms with Gasteiger partial charge in [0.2, 0.25) is 0 Å². The van der Waals surface area contributed by atoms with Gasteiger partial charge in [0, 0.05) is 20.6 Å². The van der Waals surface area contributed by atoms with Crippen LogP contribution in [-0.4, -0.2) is 36.8 Å². The second-order valence-corrected chi connectivity index (χ2v) is 8.44. The van der Waals surface area contributed by atoms with Crippen LogP contribution in [0.25, 0.3) is 0 Å². The molecule has 1 heterocycles. The smallest absolute Gasteiger partial charge is 0.161 e. The number of fused-ring (bicyclic) bond motifs is 1. The van der Waals surface area contributed by atoms with E-state index >= 15 is 0 Å². The van der Waals surface area contributed by atoms with Gasteiger partial charge >= 0.3 is 0 Å². The molecule has 0 spiro atoms. The summed E-state index contributed by atoms with van der Waals surface area (Å²) in [4.78, 5) is 2.56.